The highest BCUT2D eigenvalue weighted by atomic mass is 16.5. The molecule has 2 unspecified atom stereocenters. The van der Waals surface area contributed by atoms with Crippen molar-refractivity contribution < 1.29 is 9.47 Å². The first-order valence-electron chi connectivity index (χ1n) is 9.47. The number of nitrogens with zero attached hydrogens (tertiary/aromatic N) is 1. The summed E-state index contributed by atoms with van der Waals surface area (Å²) in [6, 6.07) is 0.650. The maximum Gasteiger partial charge on any atom is 0.119 e. The maximum absolute atomic E-state index is 5.63. The van der Waals surface area contributed by atoms with Gasteiger partial charge in [0.15, 0.2) is 0 Å². The molecule has 0 aromatic carbocycles. The zero-order valence-corrected chi connectivity index (χ0v) is 16.9. The molecule has 140 valence electrons. The van der Waals surface area contributed by atoms with Crippen LogP contribution in [-0.2, 0) is 9.47 Å². The van der Waals surface area contributed by atoms with Crippen LogP contribution in [-0.4, -0.2) is 51.9 Å². The van der Waals surface area contributed by atoms with Crippen LogP contribution in [0.15, 0.2) is 23.1 Å². The van der Waals surface area contributed by atoms with E-state index in [9.17, 15) is 0 Å². The predicted molar refractivity (Wildman–Crippen MR) is 102 cm³/mol. The second-order valence-electron chi connectivity index (χ2n) is 6.72. The fourth-order valence-electron chi connectivity index (χ4n) is 4.03. The summed E-state index contributed by atoms with van der Waals surface area (Å²) in [5, 5.41) is 3.28. The van der Waals surface area contributed by atoms with E-state index in [4.69, 9.17) is 9.47 Å². The van der Waals surface area contributed by atoms with E-state index >= 15 is 0 Å². The van der Waals surface area contributed by atoms with Gasteiger partial charge >= 0.3 is 0 Å². The first-order valence-corrected chi connectivity index (χ1v) is 9.47. The largest absolute Gasteiger partial charge is 0.499 e. The summed E-state index contributed by atoms with van der Waals surface area (Å²) in [6.45, 7) is 11.6. The van der Waals surface area contributed by atoms with E-state index in [1.54, 1.807) is 19.8 Å². The Hall–Kier alpha value is -1.00. The summed E-state index contributed by atoms with van der Waals surface area (Å²) in [5.74, 6) is 1.09. The Labute approximate surface area is 149 Å². The summed E-state index contributed by atoms with van der Waals surface area (Å²) < 4.78 is 10.9. The second kappa shape index (κ2) is 10.1. The van der Waals surface area contributed by atoms with Gasteiger partial charge in [0.1, 0.15) is 5.76 Å². The summed E-state index contributed by atoms with van der Waals surface area (Å²) in [5.41, 5.74) is 2.96. The van der Waals surface area contributed by atoms with Gasteiger partial charge in [0.05, 0.1) is 19.4 Å². The van der Waals surface area contributed by atoms with Crippen LogP contribution in [0.25, 0.3) is 0 Å². The number of nitrogens with one attached hydrogen (secondary N) is 1. The Morgan fingerprint density at radius 2 is 2.04 bits per heavy atom. The molecule has 1 fully saturated rings. The SMILES string of the molecule is CC.CCN(CCOC)C1CCC2=CC(NC)=C(OC)CC2(C)C1. The highest BCUT2D eigenvalue weighted by molar-refractivity contribution is 5.36. The number of hydrogen-bond acceptors (Lipinski definition) is 4. The maximum atomic E-state index is 5.63. The average Bonchev–Trinajstić information content (AvgIpc) is 2.62. The van der Waals surface area contributed by atoms with Crippen LogP contribution in [0.5, 0.6) is 0 Å². The number of fused-ring (bicyclic) bond motifs is 1. The van der Waals surface area contributed by atoms with E-state index in [0.717, 1.165) is 37.6 Å². The lowest BCUT2D eigenvalue weighted by Gasteiger charge is -2.46. The third kappa shape index (κ3) is 4.76. The molecule has 2 rings (SSSR count). The van der Waals surface area contributed by atoms with E-state index in [0.29, 0.717) is 6.04 Å². The molecule has 0 bridgehead atoms. The van der Waals surface area contributed by atoms with Gasteiger partial charge in [-0.3, -0.25) is 4.90 Å². The minimum atomic E-state index is 0.231. The molecule has 2 atom stereocenters. The first-order chi connectivity index (χ1) is 11.6. The van der Waals surface area contributed by atoms with Crippen molar-refractivity contribution in [3.63, 3.8) is 0 Å². The van der Waals surface area contributed by atoms with Crippen LogP contribution < -0.4 is 5.32 Å². The van der Waals surface area contributed by atoms with Crippen molar-refractivity contribution in [1.82, 2.24) is 10.2 Å². The summed E-state index contributed by atoms with van der Waals surface area (Å²) in [4.78, 5) is 2.58. The highest BCUT2D eigenvalue weighted by Gasteiger charge is 2.41. The van der Waals surface area contributed by atoms with Crippen molar-refractivity contribution in [3.8, 4) is 0 Å². The fraction of sp³-hybridized carbons (Fsp3) is 0.800. The molecule has 0 aliphatic heterocycles. The van der Waals surface area contributed by atoms with Gasteiger partial charge in [-0.25, -0.2) is 0 Å². The number of hydrogen-bond donors (Lipinski definition) is 1. The summed E-state index contributed by atoms with van der Waals surface area (Å²) in [7, 11) is 5.54. The standard InChI is InChI=1S/C18H32N2O2.C2H6/c1-6-20(9-10-21-4)15-8-7-14-11-16(19-3)17(22-5)13-18(14,2)12-15;1-2/h11,15,19H,6-10,12-13H2,1-5H3;1-2H3. The van der Waals surface area contributed by atoms with Crippen LogP contribution >= 0.6 is 0 Å². The van der Waals surface area contributed by atoms with E-state index in [2.05, 4.69) is 30.1 Å². The molecule has 1 N–H and O–H groups in total. The van der Waals surface area contributed by atoms with Gasteiger partial charge in [-0.05, 0) is 37.3 Å². The zero-order valence-electron chi connectivity index (χ0n) is 16.9. The van der Waals surface area contributed by atoms with Crippen molar-refractivity contribution >= 4 is 0 Å². The molecular formula is C20H38N2O2. The zero-order chi connectivity index (χ0) is 18.2. The third-order valence-electron chi connectivity index (χ3n) is 5.40. The van der Waals surface area contributed by atoms with Gasteiger partial charge in [-0.15, -0.1) is 0 Å². The van der Waals surface area contributed by atoms with Gasteiger partial charge < -0.3 is 14.8 Å². The Bertz CT molecular complexity index is 445. The van der Waals surface area contributed by atoms with Gasteiger partial charge in [0, 0.05) is 33.2 Å². The first kappa shape index (κ1) is 21.0. The molecule has 4 nitrogen and oxygen atoms in total. The topological polar surface area (TPSA) is 33.7 Å². The average molecular weight is 339 g/mol. The lowest BCUT2D eigenvalue weighted by Crippen LogP contribution is -2.45. The number of rotatable bonds is 7. The number of methoxy groups -OCH3 is 2. The summed E-state index contributed by atoms with van der Waals surface area (Å²) in [6.07, 6.45) is 6.97. The molecular weight excluding hydrogens is 300 g/mol. The van der Waals surface area contributed by atoms with Gasteiger partial charge in [-0.2, -0.15) is 0 Å². The van der Waals surface area contributed by atoms with Crippen molar-refractivity contribution in [2.75, 3.05) is 41.0 Å². The smallest absolute Gasteiger partial charge is 0.119 e. The predicted octanol–water partition coefficient (Wildman–Crippen LogP) is 3.95. The quantitative estimate of drug-likeness (QED) is 0.762. The van der Waals surface area contributed by atoms with Crippen LogP contribution in [0.4, 0.5) is 0 Å². The second-order valence-corrected chi connectivity index (χ2v) is 6.72. The van der Waals surface area contributed by atoms with E-state index in [-0.39, 0.29) is 5.41 Å². The van der Waals surface area contributed by atoms with Crippen LogP contribution in [0.3, 0.4) is 0 Å². The molecule has 0 aromatic heterocycles. The van der Waals surface area contributed by atoms with Crippen molar-refractivity contribution in [1.29, 1.82) is 0 Å². The van der Waals surface area contributed by atoms with Crippen LogP contribution in [0.2, 0.25) is 0 Å². The normalized spacial score (nSPS) is 26.3. The Morgan fingerprint density at radius 3 is 2.58 bits per heavy atom. The monoisotopic (exact) mass is 338 g/mol. The molecule has 0 aromatic rings. The van der Waals surface area contributed by atoms with Crippen molar-refractivity contribution in [2.24, 2.45) is 5.41 Å². The lowest BCUT2D eigenvalue weighted by molar-refractivity contribution is 0.0800. The van der Waals surface area contributed by atoms with Gasteiger partial charge in [0.25, 0.3) is 0 Å². The molecule has 2 aliphatic carbocycles. The van der Waals surface area contributed by atoms with Gasteiger partial charge in [-0.1, -0.05) is 33.3 Å². The number of ether oxygens (including phenoxy) is 2. The molecule has 1 saturated carbocycles. The molecule has 24 heavy (non-hydrogen) atoms. The molecule has 0 saturated heterocycles. The minimum absolute atomic E-state index is 0.231. The minimum Gasteiger partial charge on any atom is -0.499 e. The van der Waals surface area contributed by atoms with E-state index in [1.165, 1.54) is 19.3 Å². The Kier molecular flexibility index (Phi) is 8.85. The fourth-order valence-corrected chi connectivity index (χ4v) is 4.03. The van der Waals surface area contributed by atoms with E-state index < -0.39 is 0 Å². The highest BCUT2D eigenvalue weighted by Crippen LogP contribution is 2.49. The van der Waals surface area contributed by atoms with Gasteiger partial charge in [0.2, 0.25) is 0 Å². The molecule has 0 heterocycles. The van der Waals surface area contributed by atoms with Crippen molar-refractivity contribution in [2.45, 2.75) is 59.4 Å². The third-order valence-corrected chi connectivity index (χ3v) is 5.40. The lowest BCUT2D eigenvalue weighted by atomic mass is 9.65. The molecule has 4 heteroatoms. The molecule has 0 spiro atoms. The van der Waals surface area contributed by atoms with Crippen LogP contribution in [0, 0.1) is 5.41 Å². The number of likely N-dealkylation sites (N-methyl/N-ethyl adjacent to an activating group) is 2. The Morgan fingerprint density at radius 1 is 1.33 bits per heavy atom. The van der Waals surface area contributed by atoms with Crippen LogP contribution in [0.1, 0.15) is 53.4 Å². The Balaban J connectivity index is 0.00000139. The molecule has 0 amide bonds. The van der Waals surface area contributed by atoms with Crippen molar-refractivity contribution in [3.05, 3.63) is 23.1 Å². The molecule has 2 aliphatic rings. The van der Waals surface area contributed by atoms with E-state index in [1.807, 2.05) is 20.9 Å². The summed E-state index contributed by atoms with van der Waals surface area (Å²) >= 11 is 0. The number of allylic oxidation sites excluding steroid dienone is 3. The molecule has 0 radical (unpaired) electrons.